The van der Waals surface area contributed by atoms with Crippen LogP contribution in [0.2, 0.25) is 0 Å². The molecule has 1 aliphatic heterocycles. The third kappa shape index (κ3) is 9.15. The van der Waals surface area contributed by atoms with Crippen molar-refractivity contribution >= 4 is 42.9 Å². The summed E-state index contributed by atoms with van der Waals surface area (Å²) in [6, 6.07) is 14.1. The zero-order valence-electron chi connectivity index (χ0n) is 23.5. The number of rotatable bonds is 10. The second kappa shape index (κ2) is 16.7. The van der Waals surface area contributed by atoms with Gasteiger partial charge in [0.15, 0.2) is 11.2 Å². The molecule has 228 valence electrons. The van der Waals surface area contributed by atoms with Gasteiger partial charge in [0, 0.05) is 11.9 Å². The average molecular weight is 609 g/mol. The number of nitrogens with zero attached hydrogens (tertiary/aromatic N) is 3. The van der Waals surface area contributed by atoms with E-state index in [-0.39, 0.29) is 35.5 Å². The minimum atomic E-state index is -1.75. The number of hydrogen-bond acceptors (Lipinski definition) is 10. The summed E-state index contributed by atoms with van der Waals surface area (Å²) in [6.45, 7) is 5.40. The highest BCUT2D eigenvalue weighted by molar-refractivity contribution is 7.45. The minimum Gasteiger partial charge on any atom is -0.465 e. The van der Waals surface area contributed by atoms with Crippen molar-refractivity contribution in [3.05, 3.63) is 59.1 Å². The van der Waals surface area contributed by atoms with Crippen molar-refractivity contribution in [2.45, 2.75) is 52.0 Å². The maximum atomic E-state index is 12.0. The van der Waals surface area contributed by atoms with Gasteiger partial charge in [0.1, 0.15) is 12.0 Å². The summed E-state index contributed by atoms with van der Waals surface area (Å²) >= 11 is 0. The summed E-state index contributed by atoms with van der Waals surface area (Å²) in [5.41, 5.74) is 5.99. The van der Waals surface area contributed by atoms with Crippen molar-refractivity contribution in [3.8, 4) is 5.75 Å². The Hall–Kier alpha value is -3.71. The summed E-state index contributed by atoms with van der Waals surface area (Å²) < 4.78 is 43.8. The molecule has 0 amide bonds. The summed E-state index contributed by atoms with van der Waals surface area (Å²) in [5.74, 6) is 0.832. The summed E-state index contributed by atoms with van der Waals surface area (Å²) in [6.07, 6.45) is 2.73. The van der Waals surface area contributed by atoms with Crippen LogP contribution >= 0.6 is 8.53 Å². The molecule has 12 nitrogen and oxygen atoms in total. The van der Waals surface area contributed by atoms with Crippen LogP contribution < -0.4 is 20.9 Å². The molecule has 0 saturated carbocycles. The van der Waals surface area contributed by atoms with Gasteiger partial charge in [0.05, 0.1) is 25.1 Å². The monoisotopic (exact) mass is 608 g/mol. The van der Waals surface area contributed by atoms with Gasteiger partial charge in [-0.05, 0) is 38.1 Å². The zero-order chi connectivity index (χ0) is 30.5. The number of hydrogen-bond donors (Lipinski definition) is 3. The van der Waals surface area contributed by atoms with Gasteiger partial charge in [-0.2, -0.15) is 4.98 Å². The normalized spacial score (nSPS) is 16.8. The Morgan fingerprint density at radius 3 is 2.67 bits per heavy atom. The summed E-state index contributed by atoms with van der Waals surface area (Å²) in [4.78, 5) is 32.3. The van der Waals surface area contributed by atoms with Crippen LogP contribution in [0.5, 0.6) is 5.75 Å². The van der Waals surface area contributed by atoms with Crippen LogP contribution in [0.15, 0.2) is 53.6 Å². The number of nitrogens with two attached hydrogens (primary N) is 1. The highest BCUT2D eigenvalue weighted by Crippen LogP contribution is 2.40. The number of nitrogen functional groups attached to an aromatic ring is 1. The van der Waals surface area contributed by atoms with E-state index in [2.05, 4.69) is 36.9 Å². The molecule has 4 aromatic rings. The van der Waals surface area contributed by atoms with Crippen LogP contribution in [-0.2, 0) is 18.8 Å². The SMILES string of the molecule is CC(C)OC=O.CCNP(OCC1CCC(n2cnc3c(=O)[nH]c(N)nc32)O1)Oc1cccc2ccccc12.FCF. The quantitative estimate of drug-likeness (QED) is 0.167. The fourth-order valence-electron chi connectivity index (χ4n) is 4.03. The van der Waals surface area contributed by atoms with Crippen LogP contribution in [0.25, 0.3) is 21.9 Å². The van der Waals surface area contributed by atoms with Gasteiger partial charge in [-0.3, -0.25) is 19.1 Å². The van der Waals surface area contributed by atoms with Gasteiger partial charge >= 0.3 is 8.53 Å². The van der Waals surface area contributed by atoms with Gasteiger partial charge in [0.2, 0.25) is 12.9 Å². The highest BCUT2D eigenvalue weighted by Gasteiger charge is 2.30. The van der Waals surface area contributed by atoms with Gasteiger partial charge in [-0.15, -0.1) is 0 Å². The second-order valence-corrected chi connectivity index (χ2v) is 10.4. The van der Waals surface area contributed by atoms with E-state index < -0.39 is 15.5 Å². The van der Waals surface area contributed by atoms with E-state index in [0.717, 1.165) is 29.4 Å². The number of ether oxygens (including phenoxy) is 2. The fraction of sp³-hybridized carbons (Fsp3) is 0.407. The first-order valence-corrected chi connectivity index (χ1v) is 14.4. The molecular weight excluding hydrogens is 573 g/mol. The van der Waals surface area contributed by atoms with Crippen molar-refractivity contribution in [1.29, 1.82) is 0 Å². The molecule has 3 atom stereocenters. The fourth-order valence-corrected chi connectivity index (χ4v) is 5.13. The predicted octanol–water partition coefficient (Wildman–Crippen LogP) is 4.92. The molecule has 3 unspecified atom stereocenters. The lowest BCUT2D eigenvalue weighted by Crippen LogP contribution is -2.19. The van der Waals surface area contributed by atoms with Crippen molar-refractivity contribution in [3.63, 3.8) is 0 Å². The molecule has 4 N–H and O–H groups in total. The third-order valence-electron chi connectivity index (χ3n) is 5.77. The molecule has 2 aromatic heterocycles. The lowest BCUT2D eigenvalue weighted by Gasteiger charge is -2.21. The number of fused-ring (bicyclic) bond motifs is 2. The Balaban J connectivity index is 0.000000473. The smallest absolute Gasteiger partial charge is 0.318 e. The number of H-pyrrole nitrogens is 1. The Kier molecular flexibility index (Phi) is 13.0. The van der Waals surface area contributed by atoms with Crippen LogP contribution in [0.4, 0.5) is 14.7 Å². The highest BCUT2D eigenvalue weighted by atomic mass is 31.2. The van der Waals surface area contributed by atoms with E-state index in [1.54, 1.807) is 24.7 Å². The Bertz CT molecular complexity index is 1470. The molecule has 0 spiro atoms. The van der Waals surface area contributed by atoms with Crippen LogP contribution in [0.1, 0.15) is 39.8 Å². The van der Waals surface area contributed by atoms with Gasteiger partial charge < -0.3 is 24.3 Å². The van der Waals surface area contributed by atoms with Crippen LogP contribution in [0, 0.1) is 0 Å². The first kappa shape index (κ1) is 32.8. The third-order valence-corrected chi connectivity index (χ3v) is 7.09. The number of carbonyl (C=O) groups is 1. The van der Waals surface area contributed by atoms with Gasteiger partial charge in [-0.1, -0.05) is 43.3 Å². The second-order valence-electron chi connectivity index (χ2n) is 9.08. The molecule has 15 heteroatoms. The molecule has 2 aromatic carbocycles. The number of carbonyl (C=O) groups excluding carboxylic acids is 1. The number of nitrogens with one attached hydrogen (secondary N) is 2. The van der Waals surface area contributed by atoms with E-state index in [4.69, 9.17) is 19.5 Å². The molecule has 42 heavy (non-hydrogen) atoms. The number of benzene rings is 2. The maximum absolute atomic E-state index is 12.0. The molecular formula is C27H35F2N6O6P. The van der Waals surface area contributed by atoms with Gasteiger partial charge in [-0.25, -0.2) is 18.9 Å². The summed E-state index contributed by atoms with van der Waals surface area (Å²) in [7, 11) is -1.35. The average Bonchev–Trinajstić information content (AvgIpc) is 3.60. The lowest BCUT2D eigenvalue weighted by atomic mass is 10.1. The molecule has 0 radical (unpaired) electrons. The number of halogens is 2. The predicted molar refractivity (Wildman–Crippen MR) is 156 cm³/mol. The number of anilines is 1. The molecule has 3 heterocycles. The van der Waals surface area contributed by atoms with E-state index in [1.165, 1.54) is 0 Å². The molecule has 1 fully saturated rings. The number of imidazole rings is 1. The molecule has 0 bridgehead atoms. The molecule has 1 aliphatic rings. The zero-order valence-corrected chi connectivity index (χ0v) is 24.4. The number of aromatic amines is 1. The first-order chi connectivity index (χ1) is 20.3. The molecule has 5 rings (SSSR count). The maximum Gasteiger partial charge on any atom is 0.318 e. The number of aromatic nitrogens is 4. The minimum absolute atomic E-state index is 0.0301. The standard InChI is InChI=1S/C22H25N6O4P.C4H8O2.CH2F2/c1-2-25-33(32-17-9-5-7-14-6-3-4-8-16(14)17)30-12-15-10-11-18(31-15)28-13-24-19-20(28)26-22(23)27-21(19)29;1-4(2)6-3-5;2-1-3/h3-9,13,15,18,25H,2,10-12H2,1H3,(H3,23,26,27,29);3-4H,1-2H3;1H2. The van der Waals surface area contributed by atoms with Crippen LogP contribution in [0.3, 0.4) is 0 Å². The molecule has 1 saturated heterocycles. The Morgan fingerprint density at radius 2 is 1.98 bits per heavy atom. The Morgan fingerprint density at radius 1 is 1.24 bits per heavy atom. The van der Waals surface area contributed by atoms with E-state index >= 15 is 0 Å². The van der Waals surface area contributed by atoms with Crippen molar-refractivity contribution < 1.29 is 32.1 Å². The summed E-state index contributed by atoms with van der Waals surface area (Å²) in [5, 5.41) is 5.44. The van der Waals surface area contributed by atoms with Crippen molar-refractivity contribution in [2.24, 2.45) is 0 Å². The van der Waals surface area contributed by atoms with Crippen molar-refractivity contribution in [2.75, 3.05) is 25.8 Å². The first-order valence-electron chi connectivity index (χ1n) is 13.2. The van der Waals surface area contributed by atoms with E-state index in [0.29, 0.717) is 25.3 Å². The van der Waals surface area contributed by atoms with Crippen LogP contribution in [-0.4, -0.2) is 58.3 Å². The molecule has 0 aliphatic carbocycles. The Labute approximate surface area is 242 Å². The largest absolute Gasteiger partial charge is 0.465 e. The lowest BCUT2D eigenvalue weighted by molar-refractivity contribution is -0.131. The number of alkyl halides is 2. The topological polar surface area (TPSA) is 156 Å². The van der Waals surface area contributed by atoms with E-state index in [1.807, 2.05) is 37.3 Å². The van der Waals surface area contributed by atoms with Crippen molar-refractivity contribution in [1.82, 2.24) is 24.6 Å². The van der Waals surface area contributed by atoms with E-state index in [9.17, 15) is 18.4 Å². The van der Waals surface area contributed by atoms with Gasteiger partial charge in [0.25, 0.3) is 12.0 Å².